The summed E-state index contributed by atoms with van der Waals surface area (Å²) >= 11 is 0. The molecule has 0 bridgehead atoms. The fraction of sp³-hybridized carbons (Fsp3) is 0.500. The highest BCUT2D eigenvalue weighted by Crippen LogP contribution is 2.41. The van der Waals surface area contributed by atoms with Crippen LogP contribution in [0.5, 0.6) is 11.9 Å². The van der Waals surface area contributed by atoms with Gasteiger partial charge in [0.2, 0.25) is 5.88 Å². The number of hydrogen-bond donors (Lipinski definition) is 1. The number of nitriles is 1. The van der Waals surface area contributed by atoms with Crippen molar-refractivity contribution < 1.29 is 9.47 Å². The van der Waals surface area contributed by atoms with Crippen LogP contribution in [0, 0.1) is 18.3 Å². The molecule has 0 spiro atoms. The Morgan fingerprint density at radius 3 is 2.84 bits per heavy atom. The first-order valence-corrected chi connectivity index (χ1v) is 13.8. The molecule has 6 rings (SSSR count). The third-order valence-electron chi connectivity index (χ3n) is 8.30. The summed E-state index contributed by atoms with van der Waals surface area (Å²) in [5.74, 6) is 1.52. The van der Waals surface area contributed by atoms with Crippen molar-refractivity contribution in [3.63, 3.8) is 0 Å². The Balaban J connectivity index is 1.34. The highest BCUT2D eigenvalue weighted by molar-refractivity contribution is 5.89. The Morgan fingerprint density at radius 2 is 2.03 bits per heavy atom. The van der Waals surface area contributed by atoms with Crippen LogP contribution in [-0.4, -0.2) is 66.8 Å². The van der Waals surface area contributed by atoms with Crippen LogP contribution < -0.4 is 19.7 Å². The Hall–Kier alpha value is -3.41. The van der Waals surface area contributed by atoms with Crippen molar-refractivity contribution in [3.05, 3.63) is 53.1 Å². The van der Waals surface area contributed by atoms with E-state index < -0.39 is 0 Å². The lowest BCUT2D eigenvalue weighted by Crippen LogP contribution is -2.51. The van der Waals surface area contributed by atoms with Gasteiger partial charge in [0, 0.05) is 37.3 Å². The number of nitrogens with one attached hydrogen (secondary N) is 1. The van der Waals surface area contributed by atoms with Crippen molar-refractivity contribution in [3.8, 4) is 18.0 Å². The first-order valence-electron chi connectivity index (χ1n) is 13.8. The van der Waals surface area contributed by atoms with E-state index in [2.05, 4.69) is 71.6 Å². The first-order chi connectivity index (χ1) is 18.6. The van der Waals surface area contributed by atoms with E-state index in [0.29, 0.717) is 31.0 Å². The largest absolute Gasteiger partial charge is 0.469 e. The van der Waals surface area contributed by atoms with Gasteiger partial charge in [-0.2, -0.15) is 15.2 Å². The number of fused-ring (bicyclic) bond motifs is 2. The van der Waals surface area contributed by atoms with Crippen LogP contribution in [0.1, 0.15) is 48.5 Å². The second-order valence-electron chi connectivity index (χ2n) is 10.8. The summed E-state index contributed by atoms with van der Waals surface area (Å²) in [6, 6.07) is 16.1. The second-order valence-corrected chi connectivity index (χ2v) is 10.8. The molecular weight excluding hydrogens is 476 g/mol. The quantitative estimate of drug-likeness (QED) is 0.527. The molecule has 3 aliphatic heterocycles. The van der Waals surface area contributed by atoms with Crippen LogP contribution in [0.25, 0.3) is 10.8 Å². The molecule has 2 unspecified atom stereocenters. The van der Waals surface area contributed by atoms with Gasteiger partial charge in [-0.1, -0.05) is 36.4 Å². The third kappa shape index (κ3) is 4.89. The average Bonchev–Trinajstić information content (AvgIpc) is 3.35. The fourth-order valence-electron chi connectivity index (χ4n) is 6.22. The smallest absolute Gasteiger partial charge is 0.321 e. The van der Waals surface area contributed by atoms with Gasteiger partial charge in [-0.25, -0.2) is 0 Å². The normalized spacial score (nSPS) is 23.6. The summed E-state index contributed by atoms with van der Waals surface area (Å²) in [4.78, 5) is 14.4. The molecule has 0 aliphatic carbocycles. The van der Waals surface area contributed by atoms with E-state index in [1.165, 1.54) is 28.3 Å². The predicted octanol–water partition coefficient (Wildman–Crippen LogP) is 4.17. The van der Waals surface area contributed by atoms with E-state index in [4.69, 9.17) is 19.4 Å². The van der Waals surface area contributed by atoms with Crippen LogP contribution in [0.3, 0.4) is 0 Å². The maximum absolute atomic E-state index is 9.26. The minimum Gasteiger partial charge on any atom is -0.469 e. The summed E-state index contributed by atoms with van der Waals surface area (Å²) in [5.41, 5.74) is 3.50. The molecule has 2 saturated heterocycles. The maximum Gasteiger partial charge on any atom is 0.321 e. The summed E-state index contributed by atoms with van der Waals surface area (Å²) < 4.78 is 12.9. The van der Waals surface area contributed by atoms with Crippen molar-refractivity contribution in [2.75, 3.05) is 44.7 Å². The number of anilines is 1. The third-order valence-corrected chi connectivity index (χ3v) is 8.30. The zero-order valence-corrected chi connectivity index (χ0v) is 22.3. The molecule has 0 saturated carbocycles. The van der Waals surface area contributed by atoms with E-state index in [9.17, 15) is 5.26 Å². The Morgan fingerprint density at radius 1 is 1.16 bits per heavy atom. The van der Waals surface area contributed by atoms with Gasteiger partial charge in [0.05, 0.1) is 18.1 Å². The zero-order valence-electron chi connectivity index (χ0n) is 22.3. The van der Waals surface area contributed by atoms with Crippen molar-refractivity contribution in [2.24, 2.45) is 0 Å². The molecule has 38 heavy (non-hydrogen) atoms. The van der Waals surface area contributed by atoms with E-state index in [1.807, 2.05) is 0 Å². The lowest BCUT2D eigenvalue weighted by atomic mass is 9.92. The standard InChI is InChI=1S/C30H36N6O2/c1-20-6-3-7-21-8-4-10-24(27(20)21)26-12-11-25-28(36-17-15-32-22(18-36)13-14-31)33-30(34-29(25)38-26)37-19-23-9-5-16-35(23)2/h3-4,6-8,10,22-23,26,32H,5,9,11-13,15-19H2,1-2H3/t22-,23?,26?/m0/s1. The van der Waals surface area contributed by atoms with Crippen molar-refractivity contribution in [1.82, 2.24) is 20.2 Å². The molecule has 2 aromatic carbocycles. The minimum atomic E-state index is -0.0850. The monoisotopic (exact) mass is 512 g/mol. The SMILES string of the molecule is Cc1cccc2cccc(C3CCc4c(nc(OCC5CCCN5C)nc4N4CCN[C@@H](CC#N)C4)O3)c12. The molecule has 8 nitrogen and oxygen atoms in total. The van der Waals surface area contributed by atoms with Gasteiger partial charge in [-0.05, 0) is 62.5 Å². The molecule has 0 amide bonds. The van der Waals surface area contributed by atoms with Gasteiger partial charge in [-0.3, -0.25) is 0 Å². The number of likely N-dealkylation sites (tertiary alicyclic amines) is 1. The van der Waals surface area contributed by atoms with Crippen LogP contribution in [0.2, 0.25) is 0 Å². The lowest BCUT2D eigenvalue weighted by Gasteiger charge is -2.36. The molecule has 3 aliphatic rings. The lowest BCUT2D eigenvalue weighted by molar-refractivity contribution is 0.158. The summed E-state index contributed by atoms with van der Waals surface area (Å²) in [6.07, 6.45) is 4.39. The van der Waals surface area contributed by atoms with E-state index in [-0.39, 0.29) is 12.1 Å². The molecule has 8 heteroatoms. The van der Waals surface area contributed by atoms with E-state index in [1.54, 1.807) is 0 Å². The van der Waals surface area contributed by atoms with Crippen LogP contribution in [0.4, 0.5) is 5.82 Å². The Kier molecular flexibility index (Phi) is 7.05. The number of hydrogen-bond acceptors (Lipinski definition) is 8. The molecule has 198 valence electrons. The molecule has 4 heterocycles. The molecular formula is C30H36N6O2. The topological polar surface area (TPSA) is 86.5 Å². The van der Waals surface area contributed by atoms with Gasteiger partial charge < -0.3 is 24.6 Å². The number of aryl methyl sites for hydroxylation is 1. The first kappa shape index (κ1) is 24.9. The molecule has 2 fully saturated rings. The van der Waals surface area contributed by atoms with Crippen LogP contribution >= 0.6 is 0 Å². The number of likely N-dealkylation sites (N-methyl/N-ethyl adjacent to an activating group) is 1. The van der Waals surface area contributed by atoms with Crippen molar-refractivity contribution in [1.29, 1.82) is 5.26 Å². The van der Waals surface area contributed by atoms with Crippen molar-refractivity contribution >= 4 is 16.6 Å². The highest BCUT2D eigenvalue weighted by Gasteiger charge is 2.32. The van der Waals surface area contributed by atoms with Gasteiger partial charge in [0.1, 0.15) is 18.5 Å². The van der Waals surface area contributed by atoms with Crippen LogP contribution in [-0.2, 0) is 6.42 Å². The predicted molar refractivity (Wildman–Crippen MR) is 148 cm³/mol. The highest BCUT2D eigenvalue weighted by atomic mass is 16.5. The number of aromatic nitrogens is 2. The fourth-order valence-corrected chi connectivity index (χ4v) is 6.22. The van der Waals surface area contributed by atoms with Gasteiger partial charge in [-0.15, -0.1) is 0 Å². The molecule has 1 N–H and O–H groups in total. The number of rotatable bonds is 6. The Labute approximate surface area is 224 Å². The summed E-state index contributed by atoms with van der Waals surface area (Å²) in [5, 5.41) is 15.2. The second kappa shape index (κ2) is 10.8. The number of piperazine rings is 1. The molecule has 1 aromatic heterocycles. The molecule has 3 atom stereocenters. The number of nitrogens with zero attached hydrogens (tertiary/aromatic N) is 5. The summed E-state index contributed by atoms with van der Waals surface area (Å²) in [6.45, 7) is 6.19. The maximum atomic E-state index is 9.26. The average molecular weight is 513 g/mol. The van der Waals surface area contributed by atoms with Gasteiger partial charge >= 0.3 is 6.01 Å². The Bertz CT molecular complexity index is 1350. The van der Waals surface area contributed by atoms with Gasteiger partial charge in [0.15, 0.2) is 0 Å². The van der Waals surface area contributed by atoms with E-state index in [0.717, 1.165) is 56.8 Å². The summed E-state index contributed by atoms with van der Waals surface area (Å²) in [7, 11) is 2.15. The molecule has 3 aromatic rings. The number of ether oxygens (including phenoxy) is 2. The number of benzene rings is 2. The van der Waals surface area contributed by atoms with Crippen molar-refractivity contribution in [2.45, 2.75) is 57.2 Å². The van der Waals surface area contributed by atoms with Gasteiger partial charge in [0.25, 0.3) is 0 Å². The molecule has 0 radical (unpaired) electrons. The zero-order chi connectivity index (χ0) is 26.1. The van der Waals surface area contributed by atoms with E-state index >= 15 is 0 Å². The van der Waals surface area contributed by atoms with Crippen LogP contribution in [0.15, 0.2) is 36.4 Å². The minimum absolute atomic E-state index is 0.0850.